The monoisotopic (exact) mass is 335 g/mol. The van der Waals surface area contributed by atoms with E-state index in [1.807, 2.05) is 49.4 Å². The van der Waals surface area contributed by atoms with Crippen LogP contribution in [0.15, 0.2) is 48.7 Å². The molecule has 0 unspecified atom stereocenters. The molecule has 0 bridgehead atoms. The Labute approximate surface area is 145 Å². The van der Waals surface area contributed by atoms with Crippen molar-refractivity contribution in [3.05, 3.63) is 54.2 Å². The molecule has 0 saturated carbocycles. The fourth-order valence-corrected chi connectivity index (χ4v) is 2.45. The predicted molar refractivity (Wildman–Crippen MR) is 95.0 cm³/mol. The lowest BCUT2D eigenvalue weighted by Crippen LogP contribution is -2.15. The lowest BCUT2D eigenvalue weighted by molar-refractivity contribution is 0.171. The van der Waals surface area contributed by atoms with Crippen molar-refractivity contribution in [1.82, 2.24) is 15.2 Å². The summed E-state index contributed by atoms with van der Waals surface area (Å²) in [5.74, 6) is 2.46. The maximum absolute atomic E-state index is 5.58. The third kappa shape index (κ3) is 3.60. The number of nitrogens with zero attached hydrogens (tertiary/aromatic N) is 3. The Morgan fingerprint density at radius 1 is 0.880 bits per heavy atom. The molecule has 126 valence electrons. The van der Waals surface area contributed by atoms with E-state index in [0.717, 1.165) is 17.1 Å². The maximum Gasteiger partial charge on any atom is 0.249 e. The Kier molecular flexibility index (Phi) is 4.04. The third-order valence-electron chi connectivity index (χ3n) is 3.68. The molecule has 7 nitrogen and oxygen atoms in total. The zero-order chi connectivity index (χ0) is 17.1. The highest BCUT2D eigenvalue weighted by Crippen LogP contribution is 2.33. The molecule has 0 saturated heterocycles. The minimum absolute atomic E-state index is 0.397. The van der Waals surface area contributed by atoms with Gasteiger partial charge >= 0.3 is 0 Å². The number of aryl methyl sites for hydroxylation is 1. The summed E-state index contributed by atoms with van der Waals surface area (Å²) in [4.78, 5) is 4.43. The van der Waals surface area contributed by atoms with Crippen molar-refractivity contribution in [2.24, 2.45) is 0 Å². The van der Waals surface area contributed by atoms with Crippen molar-refractivity contribution in [2.75, 3.05) is 23.8 Å². The minimum atomic E-state index is 0.397. The Morgan fingerprint density at radius 3 is 2.48 bits per heavy atom. The smallest absolute Gasteiger partial charge is 0.249 e. The summed E-state index contributed by atoms with van der Waals surface area (Å²) in [6.45, 7) is 3.16. The number of rotatable bonds is 4. The Morgan fingerprint density at radius 2 is 1.64 bits per heavy atom. The molecule has 7 heteroatoms. The summed E-state index contributed by atoms with van der Waals surface area (Å²) in [6.07, 6.45) is 1.58. The van der Waals surface area contributed by atoms with Crippen LogP contribution in [0.2, 0.25) is 0 Å². The van der Waals surface area contributed by atoms with Crippen LogP contribution in [-0.2, 0) is 0 Å². The van der Waals surface area contributed by atoms with Gasteiger partial charge in [0.2, 0.25) is 5.95 Å². The molecule has 0 spiro atoms. The van der Waals surface area contributed by atoms with Crippen LogP contribution in [0.25, 0.3) is 0 Å². The normalized spacial score (nSPS) is 12.5. The van der Waals surface area contributed by atoms with Gasteiger partial charge in [0.05, 0.1) is 6.20 Å². The first-order chi connectivity index (χ1) is 12.3. The van der Waals surface area contributed by atoms with Crippen molar-refractivity contribution in [3.63, 3.8) is 0 Å². The van der Waals surface area contributed by atoms with Crippen molar-refractivity contribution < 1.29 is 9.47 Å². The lowest BCUT2D eigenvalue weighted by Gasteiger charge is -2.19. The van der Waals surface area contributed by atoms with E-state index < -0.39 is 0 Å². The van der Waals surface area contributed by atoms with Gasteiger partial charge < -0.3 is 20.1 Å². The largest absolute Gasteiger partial charge is 0.486 e. The van der Waals surface area contributed by atoms with E-state index in [-0.39, 0.29) is 0 Å². The van der Waals surface area contributed by atoms with E-state index >= 15 is 0 Å². The molecule has 1 aliphatic rings. The molecule has 2 N–H and O–H groups in total. The van der Waals surface area contributed by atoms with Crippen LogP contribution in [0.4, 0.5) is 23.1 Å². The van der Waals surface area contributed by atoms with E-state index in [2.05, 4.69) is 25.8 Å². The topological polar surface area (TPSA) is 81.2 Å². The highest BCUT2D eigenvalue weighted by atomic mass is 16.6. The Balaban J connectivity index is 1.50. The summed E-state index contributed by atoms with van der Waals surface area (Å²) in [5.41, 5.74) is 2.95. The van der Waals surface area contributed by atoms with Gasteiger partial charge in [0.1, 0.15) is 13.2 Å². The number of anilines is 4. The van der Waals surface area contributed by atoms with E-state index in [9.17, 15) is 0 Å². The molecule has 0 radical (unpaired) electrons. The molecule has 0 fully saturated rings. The van der Waals surface area contributed by atoms with E-state index in [4.69, 9.17) is 9.47 Å². The average Bonchev–Trinajstić information content (AvgIpc) is 2.64. The molecule has 1 aromatic heterocycles. The van der Waals surface area contributed by atoms with Gasteiger partial charge in [-0.05, 0) is 31.2 Å². The number of hydrogen-bond donors (Lipinski definition) is 2. The first kappa shape index (κ1) is 15.2. The molecule has 0 aliphatic carbocycles. The molecular weight excluding hydrogens is 318 g/mol. The van der Waals surface area contributed by atoms with Crippen LogP contribution in [0.5, 0.6) is 11.5 Å². The number of ether oxygens (including phenoxy) is 2. The van der Waals surface area contributed by atoms with Crippen LogP contribution < -0.4 is 20.1 Å². The van der Waals surface area contributed by atoms with Crippen LogP contribution >= 0.6 is 0 Å². The second-order valence-electron chi connectivity index (χ2n) is 5.64. The van der Waals surface area contributed by atoms with Crippen molar-refractivity contribution >= 4 is 23.1 Å². The zero-order valence-corrected chi connectivity index (χ0v) is 13.7. The van der Waals surface area contributed by atoms with Gasteiger partial charge in [0.15, 0.2) is 17.3 Å². The Bertz CT molecular complexity index is 883. The van der Waals surface area contributed by atoms with E-state index in [0.29, 0.717) is 30.7 Å². The van der Waals surface area contributed by atoms with Crippen LogP contribution in [0.3, 0.4) is 0 Å². The molecular formula is C18H17N5O2. The summed E-state index contributed by atoms with van der Waals surface area (Å²) in [5, 5.41) is 14.3. The first-order valence-electron chi connectivity index (χ1n) is 7.96. The fourth-order valence-electron chi connectivity index (χ4n) is 2.45. The van der Waals surface area contributed by atoms with E-state index in [1.165, 1.54) is 5.56 Å². The highest BCUT2D eigenvalue weighted by Gasteiger charge is 2.12. The minimum Gasteiger partial charge on any atom is -0.486 e. The quantitative estimate of drug-likeness (QED) is 0.756. The fraction of sp³-hybridized carbons (Fsp3) is 0.167. The van der Waals surface area contributed by atoms with Crippen molar-refractivity contribution in [1.29, 1.82) is 0 Å². The second-order valence-corrected chi connectivity index (χ2v) is 5.64. The number of benzene rings is 2. The molecule has 1 aliphatic heterocycles. The summed E-state index contributed by atoms with van der Waals surface area (Å²) in [6, 6.07) is 13.7. The van der Waals surface area contributed by atoms with Crippen molar-refractivity contribution in [3.8, 4) is 11.5 Å². The number of hydrogen-bond acceptors (Lipinski definition) is 7. The number of fused-ring (bicyclic) bond motifs is 1. The highest BCUT2D eigenvalue weighted by molar-refractivity contribution is 5.61. The third-order valence-corrected chi connectivity index (χ3v) is 3.68. The molecule has 3 aromatic rings. The van der Waals surface area contributed by atoms with Gasteiger partial charge in [0, 0.05) is 17.4 Å². The zero-order valence-electron chi connectivity index (χ0n) is 13.7. The number of nitrogens with one attached hydrogen (secondary N) is 2. The summed E-state index contributed by atoms with van der Waals surface area (Å²) < 4.78 is 11.1. The van der Waals surface area contributed by atoms with Gasteiger partial charge in [-0.15, -0.1) is 5.10 Å². The van der Waals surface area contributed by atoms with Gasteiger partial charge in [-0.25, -0.2) is 0 Å². The number of aromatic nitrogens is 3. The van der Waals surface area contributed by atoms with E-state index in [1.54, 1.807) is 6.20 Å². The maximum atomic E-state index is 5.58. The Hall–Kier alpha value is -3.35. The molecule has 0 amide bonds. The molecule has 25 heavy (non-hydrogen) atoms. The summed E-state index contributed by atoms with van der Waals surface area (Å²) in [7, 11) is 0. The summed E-state index contributed by atoms with van der Waals surface area (Å²) >= 11 is 0. The lowest BCUT2D eigenvalue weighted by atomic mass is 10.2. The second kappa shape index (κ2) is 6.64. The predicted octanol–water partition coefficient (Wildman–Crippen LogP) is 3.44. The molecule has 2 aromatic carbocycles. The molecule has 4 rings (SSSR count). The first-order valence-corrected chi connectivity index (χ1v) is 7.96. The van der Waals surface area contributed by atoms with Crippen LogP contribution in [-0.4, -0.2) is 28.4 Å². The molecule has 0 atom stereocenters. The van der Waals surface area contributed by atoms with Crippen LogP contribution in [0, 0.1) is 6.92 Å². The van der Waals surface area contributed by atoms with Gasteiger partial charge in [0.25, 0.3) is 0 Å². The SMILES string of the molecule is Cc1ccc(Nc2cnnc(Nc3ccc4c(c3)OCCO4)n2)cc1. The van der Waals surface area contributed by atoms with Crippen molar-refractivity contribution in [2.45, 2.75) is 6.92 Å². The van der Waals surface area contributed by atoms with Crippen LogP contribution in [0.1, 0.15) is 5.56 Å². The van der Waals surface area contributed by atoms with Gasteiger partial charge in [-0.3, -0.25) is 0 Å². The van der Waals surface area contributed by atoms with Gasteiger partial charge in [-0.2, -0.15) is 10.1 Å². The van der Waals surface area contributed by atoms with Gasteiger partial charge in [-0.1, -0.05) is 17.7 Å². The molecule has 2 heterocycles. The average molecular weight is 335 g/mol. The standard InChI is InChI=1S/C18H17N5O2/c1-12-2-4-13(5-3-12)20-17-11-19-23-18(22-17)21-14-6-7-15-16(10-14)25-9-8-24-15/h2-7,10-11H,8-9H2,1H3,(H2,20,21,22,23).